The average molecular weight is 398 g/mol. The Balaban J connectivity index is 1.99. The lowest BCUT2D eigenvalue weighted by atomic mass is 9.88. The monoisotopic (exact) mass is 397 g/mol. The van der Waals surface area contributed by atoms with Crippen molar-refractivity contribution >= 4 is 21.7 Å². The van der Waals surface area contributed by atoms with Crippen LogP contribution >= 0.6 is 15.9 Å². The number of rotatable bonds is 2. The van der Waals surface area contributed by atoms with Crippen molar-refractivity contribution in [2.45, 2.75) is 19.8 Å². The number of carbonyl (C=O) groups is 1. The van der Waals surface area contributed by atoms with E-state index in [1.807, 2.05) is 41.0 Å². The van der Waals surface area contributed by atoms with E-state index in [0.29, 0.717) is 12.3 Å². The van der Waals surface area contributed by atoms with E-state index in [0.717, 1.165) is 39.1 Å². The summed E-state index contributed by atoms with van der Waals surface area (Å²) >= 11 is 3.45. The van der Waals surface area contributed by atoms with Crippen LogP contribution in [-0.4, -0.2) is 10.4 Å². The molecule has 25 heavy (non-hydrogen) atoms. The number of halogens is 2. The number of benzene rings is 2. The molecule has 0 aliphatic heterocycles. The van der Waals surface area contributed by atoms with Gasteiger partial charge in [-0.05, 0) is 54.3 Å². The highest BCUT2D eigenvalue weighted by atomic mass is 79.9. The van der Waals surface area contributed by atoms with Crippen LogP contribution in [0.15, 0.2) is 59.1 Å². The SMILES string of the molecule is CC1CC(=O)c2cc(-c3ccc(Br)cc3)n(-c3cccc(F)c3)c2C1. The van der Waals surface area contributed by atoms with Gasteiger partial charge in [-0.1, -0.05) is 41.1 Å². The second-order valence-corrected chi connectivity index (χ2v) is 7.56. The molecule has 0 amide bonds. The van der Waals surface area contributed by atoms with Crippen LogP contribution < -0.4 is 0 Å². The molecule has 1 heterocycles. The standard InChI is InChI=1S/C21H17BrFNO/c1-13-9-20-18(21(25)10-13)12-19(14-5-7-15(22)8-6-14)24(20)17-4-2-3-16(23)11-17/h2-8,11-13H,9-10H2,1H3. The second-order valence-electron chi connectivity index (χ2n) is 6.65. The Bertz CT molecular complexity index is 959. The number of fused-ring (bicyclic) bond motifs is 1. The summed E-state index contributed by atoms with van der Waals surface area (Å²) in [5, 5.41) is 0. The van der Waals surface area contributed by atoms with Gasteiger partial charge in [-0.3, -0.25) is 4.79 Å². The molecule has 0 saturated carbocycles. The number of nitrogens with zero attached hydrogens (tertiary/aromatic N) is 1. The van der Waals surface area contributed by atoms with Gasteiger partial charge in [0.2, 0.25) is 0 Å². The first-order chi connectivity index (χ1) is 12.0. The second kappa shape index (κ2) is 6.26. The van der Waals surface area contributed by atoms with E-state index in [4.69, 9.17) is 0 Å². The Morgan fingerprint density at radius 1 is 1.08 bits per heavy atom. The number of hydrogen-bond donors (Lipinski definition) is 0. The summed E-state index contributed by atoms with van der Waals surface area (Å²) in [5.41, 5.74) is 4.42. The molecule has 1 aliphatic rings. The molecule has 0 saturated heterocycles. The highest BCUT2D eigenvalue weighted by molar-refractivity contribution is 9.10. The van der Waals surface area contributed by atoms with Crippen LogP contribution in [0.5, 0.6) is 0 Å². The minimum Gasteiger partial charge on any atom is -0.313 e. The van der Waals surface area contributed by atoms with Gasteiger partial charge in [0, 0.05) is 27.8 Å². The van der Waals surface area contributed by atoms with Gasteiger partial charge in [0.15, 0.2) is 5.78 Å². The molecule has 3 aromatic rings. The van der Waals surface area contributed by atoms with E-state index in [2.05, 4.69) is 22.9 Å². The Kier molecular flexibility index (Phi) is 4.08. The van der Waals surface area contributed by atoms with E-state index in [9.17, 15) is 9.18 Å². The van der Waals surface area contributed by atoms with E-state index < -0.39 is 0 Å². The van der Waals surface area contributed by atoms with Crippen molar-refractivity contribution in [1.29, 1.82) is 0 Å². The maximum atomic E-state index is 13.8. The maximum Gasteiger partial charge on any atom is 0.164 e. The number of Topliss-reactive ketones (excluding diaryl/α,β-unsaturated/α-hetero) is 1. The third-order valence-corrected chi connectivity index (χ3v) is 5.21. The first-order valence-corrected chi connectivity index (χ1v) is 9.12. The molecule has 126 valence electrons. The topological polar surface area (TPSA) is 22.0 Å². The van der Waals surface area contributed by atoms with Crippen molar-refractivity contribution in [3.8, 4) is 16.9 Å². The summed E-state index contributed by atoms with van der Waals surface area (Å²) in [6.07, 6.45) is 1.38. The summed E-state index contributed by atoms with van der Waals surface area (Å²) < 4.78 is 16.9. The van der Waals surface area contributed by atoms with Crippen LogP contribution in [0.3, 0.4) is 0 Å². The third kappa shape index (κ3) is 2.95. The first-order valence-electron chi connectivity index (χ1n) is 8.32. The Hall–Kier alpha value is -2.20. The van der Waals surface area contributed by atoms with Crippen LogP contribution in [0.2, 0.25) is 0 Å². The normalized spacial score (nSPS) is 16.8. The van der Waals surface area contributed by atoms with E-state index >= 15 is 0 Å². The van der Waals surface area contributed by atoms with Gasteiger partial charge >= 0.3 is 0 Å². The van der Waals surface area contributed by atoms with E-state index in [-0.39, 0.29) is 11.6 Å². The molecule has 1 atom stereocenters. The first kappa shape index (κ1) is 16.3. The highest BCUT2D eigenvalue weighted by Crippen LogP contribution is 2.35. The Morgan fingerprint density at radius 2 is 1.84 bits per heavy atom. The van der Waals surface area contributed by atoms with Crippen molar-refractivity contribution in [2.24, 2.45) is 5.92 Å². The molecule has 2 aromatic carbocycles. The minimum atomic E-state index is -0.281. The number of carbonyl (C=O) groups excluding carboxylic acids is 1. The smallest absolute Gasteiger partial charge is 0.164 e. The fourth-order valence-electron chi connectivity index (χ4n) is 3.56. The summed E-state index contributed by atoms with van der Waals surface area (Å²) in [5.74, 6) is 0.180. The molecule has 4 rings (SSSR count). The predicted octanol–water partition coefficient (Wildman–Crippen LogP) is 5.81. The number of ketones is 1. The van der Waals surface area contributed by atoms with E-state index in [1.54, 1.807) is 6.07 Å². The summed E-state index contributed by atoms with van der Waals surface area (Å²) in [4.78, 5) is 12.6. The van der Waals surface area contributed by atoms with Gasteiger partial charge in [0.25, 0.3) is 0 Å². The lowest BCUT2D eigenvalue weighted by molar-refractivity contribution is 0.0952. The molecular weight excluding hydrogens is 381 g/mol. The quantitative estimate of drug-likeness (QED) is 0.534. The molecule has 1 unspecified atom stereocenters. The van der Waals surface area contributed by atoms with Crippen LogP contribution in [0.4, 0.5) is 4.39 Å². The molecule has 0 radical (unpaired) electrons. The zero-order valence-electron chi connectivity index (χ0n) is 13.8. The van der Waals surface area contributed by atoms with Gasteiger partial charge in [0.05, 0.1) is 5.69 Å². The van der Waals surface area contributed by atoms with Crippen molar-refractivity contribution in [3.63, 3.8) is 0 Å². The summed E-state index contributed by atoms with van der Waals surface area (Å²) in [7, 11) is 0. The predicted molar refractivity (Wildman–Crippen MR) is 101 cm³/mol. The maximum absolute atomic E-state index is 13.8. The Morgan fingerprint density at radius 3 is 2.56 bits per heavy atom. The number of hydrogen-bond acceptors (Lipinski definition) is 1. The molecular formula is C21H17BrFNO. The molecule has 0 spiro atoms. The van der Waals surface area contributed by atoms with Crippen molar-refractivity contribution in [2.75, 3.05) is 0 Å². The minimum absolute atomic E-state index is 0.169. The fourth-order valence-corrected chi connectivity index (χ4v) is 3.83. The zero-order chi connectivity index (χ0) is 17.6. The van der Waals surface area contributed by atoms with Gasteiger partial charge in [-0.15, -0.1) is 0 Å². The molecule has 0 bridgehead atoms. The van der Waals surface area contributed by atoms with Crippen molar-refractivity contribution < 1.29 is 9.18 Å². The van der Waals surface area contributed by atoms with Gasteiger partial charge in [-0.2, -0.15) is 0 Å². The third-order valence-electron chi connectivity index (χ3n) is 4.69. The van der Waals surface area contributed by atoms with E-state index in [1.165, 1.54) is 12.1 Å². The average Bonchev–Trinajstić information content (AvgIpc) is 2.95. The van der Waals surface area contributed by atoms with Gasteiger partial charge in [-0.25, -0.2) is 4.39 Å². The van der Waals surface area contributed by atoms with Crippen LogP contribution in [0.25, 0.3) is 16.9 Å². The lowest BCUT2D eigenvalue weighted by Crippen LogP contribution is -2.19. The Labute approximate surface area is 154 Å². The van der Waals surface area contributed by atoms with Gasteiger partial charge in [0.1, 0.15) is 5.82 Å². The number of aromatic nitrogens is 1. The van der Waals surface area contributed by atoms with Crippen molar-refractivity contribution in [3.05, 3.63) is 76.1 Å². The molecule has 1 aliphatic carbocycles. The summed E-state index contributed by atoms with van der Waals surface area (Å²) in [6, 6.07) is 16.5. The zero-order valence-corrected chi connectivity index (χ0v) is 15.4. The van der Waals surface area contributed by atoms with Crippen molar-refractivity contribution in [1.82, 2.24) is 4.57 Å². The largest absolute Gasteiger partial charge is 0.313 e. The van der Waals surface area contributed by atoms with Crippen LogP contribution in [-0.2, 0) is 6.42 Å². The fraction of sp³-hybridized carbons (Fsp3) is 0.190. The highest BCUT2D eigenvalue weighted by Gasteiger charge is 2.28. The molecule has 2 nitrogen and oxygen atoms in total. The summed E-state index contributed by atoms with van der Waals surface area (Å²) in [6.45, 7) is 2.09. The molecule has 4 heteroatoms. The molecule has 1 aromatic heterocycles. The lowest BCUT2D eigenvalue weighted by Gasteiger charge is -2.21. The van der Waals surface area contributed by atoms with Gasteiger partial charge < -0.3 is 4.57 Å². The molecule has 0 fully saturated rings. The molecule has 0 N–H and O–H groups in total. The van der Waals surface area contributed by atoms with Crippen LogP contribution in [0.1, 0.15) is 29.4 Å². The van der Waals surface area contributed by atoms with Crippen LogP contribution in [0, 0.1) is 11.7 Å².